The number of ether oxygens (including phenoxy) is 3. The first-order chi connectivity index (χ1) is 15.2. The minimum atomic E-state index is -4.35. The van der Waals surface area contributed by atoms with E-state index in [-0.39, 0.29) is 28.2 Å². The van der Waals surface area contributed by atoms with Crippen molar-refractivity contribution >= 4 is 37.6 Å². The van der Waals surface area contributed by atoms with Crippen molar-refractivity contribution < 1.29 is 32.5 Å². The molecular formula is C20H16BrN3O7S. The third-order valence-electron chi connectivity index (χ3n) is 4.68. The van der Waals surface area contributed by atoms with E-state index in [1.54, 1.807) is 6.07 Å². The summed E-state index contributed by atoms with van der Waals surface area (Å²) >= 11 is 3.08. The second kappa shape index (κ2) is 8.28. The number of rotatable bonds is 2. The van der Waals surface area contributed by atoms with E-state index in [1.165, 1.54) is 38.7 Å². The molecule has 4 bridgehead atoms. The lowest BCUT2D eigenvalue weighted by molar-refractivity contribution is 0.0472. The van der Waals surface area contributed by atoms with Crippen molar-refractivity contribution in [3.8, 4) is 28.6 Å². The lowest BCUT2D eigenvalue weighted by Gasteiger charge is -2.15. The minimum absolute atomic E-state index is 0.00726. The lowest BCUT2D eigenvalue weighted by Crippen LogP contribution is -2.15. The number of pyridine rings is 2. The zero-order valence-corrected chi connectivity index (χ0v) is 19.2. The molecule has 1 aromatic carbocycles. The van der Waals surface area contributed by atoms with Crippen molar-refractivity contribution in [1.29, 1.82) is 0 Å². The van der Waals surface area contributed by atoms with E-state index in [9.17, 15) is 18.3 Å². The number of aromatic nitrogens is 2. The van der Waals surface area contributed by atoms with E-state index in [1.807, 2.05) is 0 Å². The number of sulfonamides is 1. The number of hydrogen-bond acceptors (Lipinski definition) is 9. The highest BCUT2D eigenvalue weighted by atomic mass is 79.9. The summed E-state index contributed by atoms with van der Waals surface area (Å²) in [5.41, 5.74) is 1.55. The predicted molar refractivity (Wildman–Crippen MR) is 116 cm³/mol. The van der Waals surface area contributed by atoms with Gasteiger partial charge in [-0.2, -0.15) is 0 Å². The van der Waals surface area contributed by atoms with Gasteiger partial charge >= 0.3 is 5.97 Å². The highest BCUT2D eigenvalue weighted by molar-refractivity contribution is 9.10. The number of nitrogens with zero attached hydrogens (tertiary/aromatic N) is 2. The van der Waals surface area contributed by atoms with Crippen LogP contribution in [-0.4, -0.2) is 43.7 Å². The number of phenols is 1. The van der Waals surface area contributed by atoms with Crippen LogP contribution in [0.1, 0.15) is 15.9 Å². The van der Waals surface area contributed by atoms with Crippen LogP contribution in [0.2, 0.25) is 0 Å². The van der Waals surface area contributed by atoms with E-state index in [0.717, 1.165) is 6.07 Å². The monoisotopic (exact) mass is 521 g/mol. The number of aromatic hydroxyl groups is 1. The number of halogens is 1. The molecular weight excluding hydrogens is 506 g/mol. The van der Waals surface area contributed by atoms with Gasteiger partial charge < -0.3 is 19.3 Å². The molecule has 4 rings (SSSR count). The van der Waals surface area contributed by atoms with E-state index in [2.05, 4.69) is 30.6 Å². The standard InChI is InChI=1S/C20H16BrN3O7S/c1-29-17-6-13-11-4-15(19(30-2)23-7-11)24-32(27,28)16-5-10(3-14(21)18(16)25)20(26)31-9-12(13)8-22-17/h3-8,24-25H,9H2,1-2H3. The van der Waals surface area contributed by atoms with Crippen LogP contribution in [0, 0.1) is 0 Å². The van der Waals surface area contributed by atoms with Crippen molar-refractivity contribution in [3.05, 3.63) is 52.3 Å². The molecule has 1 aliphatic heterocycles. The molecule has 0 saturated carbocycles. The maximum absolute atomic E-state index is 13.1. The number of methoxy groups -OCH3 is 2. The summed E-state index contributed by atoms with van der Waals surface area (Å²) < 4.78 is 44.4. The molecule has 10 nitrogen and oxygen atoms in total. The minimum Gasteiger partial charge on any atom is -0.505 e. The molecule has 0 unspecified atom stereocenters. The van der Waals surface area contributed by atoms with E-state index in [4.69, 9.17) is 14.2 Å². The number of carbonyl (C=O) groups is 1. The average molecular weight is 522 g/mol. The second-order valence-corrected chi connectivity index (χ2v) is 9.16. The van der Waals surface area contributed by atoms with Gasteiger partial charge in [-0.3, -0.25) is 4.72 Å². The quantitative estimate of drug-likeness (QED) is 0.487. The smallest absolute Gasteiger partial charge is 0.338 e. The molecule has 0 spiro atoms. The molecule has 3 heterocycles. The zero-order valence-electron chi connectivity index (χ0n) is 16.7. The number of nitrogens with one attached hydrogen (secondary N) is 1. The van der Waals surface area contributed by atoms with Gasteiger partial charge in [-0.25, -0.2) is 23.2 Å². The van der Waals surface area contributed by atoms with Gasteiger partial charge in [-0.15, -0.1) is 0 Å². The van der Waals surface area contributed by atoms with Crippen LogP contribution in [0.25, 0.3) is 11.1 Å². The fourth-order valence-electron chi connectivity index (χ4n) is 3.12. The van der Waals surface area contributed by atoms with Gasteiger partial charge in [0.1, 0.15) is 22.9 Å². The van der Waals surface area contributed by atoms with Crippen molar-refractivity contribution in [2.45, 2.75) is 11.5 Å². The van der Waals surface area contributed by atoms with E-state index >= 15 is 0 Å². The van der Waals surface area contributed by atoms with Crippen LogP contribution in [0.3, 0.4) is 0 Å². The fraction of sp³-hybridized carbons (Fsp3) is 0.150. The Balaban J connectivity index is 1.99. The Labute approximate surface area is 191 Å². The van der Waals surface area contributed by atoms with Gasteiger partial charge in [0.25, 0.3) is 10.0 Å². The summed E-state index contributed by atoms with van der Waals surface area (Å²) in [7, 11) is -1.55. The SMILES string of the molecule is COc1cc2c(cn1)COC(=O)c1cc(Br)c(O)c(c1)S(=O)(=O)Nc1cc-2cnc1OC. The van der Waals surface area contributed by atoms with Gasteiger partial charge in [0, 0.05) is 29.6 Å². The molecule has 0 radical (unpaired) electrons. The first kappa shape index (κ1) is 21.8. The maximum atomic E-state index is 13.1. The molecule has 1 aliphatic rings. The molecule has 0 aliphatic carbocycles. The molecule has 0 atom stereocenters. The Morgan fingerprint density at radius 1 is 1.09 bits per heavy atom. The van der Waals surface area contributed by atoms with Gasteiger partial charge in [0.2, 0.25) is 11.8 Å². The molecule has 12 heteroatoms. The summed E-state index contributed by atoms with van der Waals surface area (Å²) in [5.74, 6) is -1.04. The van der Waals surface area contributed by atoms with Crippen LogP contribution >= 0.6 is 15.9 Å². The second-order valence-electron chi connectivity index (χ2n) is 6.65. The average Bonchev–Trinajstić information content (AvgIpc) is 2.78. The van der Waals surface area contributed by atoms with Gasteiger partial charge in [-0.1, -0.05) is 0 Å². The molecule has 2 N–H and O–H groups in total. The Morgan fingerprint density at radius 3 is 2.59 bits per heavy atom. The Kier molecular flexibility index (Phi) is 5.65. The number of fused-ring (bicyclic) bond motifs is 6. The summed E-state index contributed by atoms with van der Waals surface area (Å²) in [6.45, 7) is -0.152. The number of phenolic OH excluding ortho intramolecular Hbond substituents is 1. The fourth-order valence-corrected chi connectivity index (χ4v) is 4.90. The molecule has 3 aromatic rings. The number of cyclic esters (lactones) is 1. The Morgan fingerprint density at radius 2 is 1.88 bits per heavy atom. The Bertz CT molecular complexity index is 1350. The molecule has 2 aromatic heterocycles. The van der Waals surface area contributed by atoms with Gasteiger partial charge in [0.15, 0.2) is 0 Å². The third kappa shape index (κ3) is 3.94. The number of benzene rings is 1. The van der Waals surface area contributed by atoms with Crippen molar-refractivity contribution in [2.75, 3.05) is 18.9 Å². The van der Waals surface area contributed by atoms with Gasteiger partial charge in [-0.05, 0) is 39.7 Å². The predicted octanol–water partition coefficient (Wildman–Crippen LogP) is 3.10. The van der Waals surface area contributed by atoms with E-state index < -0.39 is 26.6 Å². The summed E-state index contributed by atoms with van der Waals surface area (Å²) in [5, 5.41) is 10.4. The molecule has 166 valence electrons. The van der Waals surface area contributed by atoms with Crippen molar-refractivity contribution in [3.63, 3.8) is 0 Å². The van der Waals surface area contributed by atoms with Gasteiger partial charge in [0.05, 0.1) is 24.3 Å². The van der Waals surface area contributed by atoms with Crippen LogP contribution in [0.4, 0.5) is 5.69 Å². The maximum Gasteiger partial charge on any atom is 0.338 e. The van der Waals surface area contributed by atoms with Crippen LogP contribution in [-0.2, 0) is 21.4 Å². The molecule has 0 fully saturated rings. The highest BCUT2D eigenvalue weighted by Gasteiger charge is 2.26. The number of anilines is 1. The van der Waals surface area contributed by atoms with Crippen LogP contribution in [0.5, 0.6) is 17.5 Å². The van der Waals surface area contributed by atoms with Crippen LogP contribution < -0.4 is 14.2 Å². The van der Waals surface area contributed by atoms with Crippen LogP contribution in [0.15, 0.2) is 46.0 Å². The van der Waals surface area contributed by atoms with E-state index in [0.29, 0.717) is 22.6 Å². The number of esters is 1. The largest absolute Gasteiger partial charge is 0.505 e. The number of carbonyl (C=O) groups excluding carboxylic acids is 1. The van der Waals surface area contributed by atoms with Crippen molar-refractivity contribution in [1.82, 2.24) is 9.97 Å². The highest BCUT2D eigenvalue weighted by Crippen LogP contribution is 2.37. The normalized spacial score (nSPS) is 14.5. The lowest BCUT2D eigenvalue weighted by atomic mass is 10.0. The first-order valence-corrected chi connectivity index (χ1v) is 11.3. The topological polar surface area (TPSA) is 137 Å². The van der Waals surface area contributed by atoms with Crippen molar-refractivity contribution in [2.24, 2.45) is 0 Å². The Hall–Kier alpha value is -3.38. The summed E-state index contributed by atoms with van der Waals surface area (Å²) in [6.07, 6.45) is 2.97. The molecule has 0 saturated heterocycles. The number of hydrogen-bond donors (Lipinski definition) is 2. The zero-order chi connectivity index (χ0) is 23.0. The summed E-state index contributed by atoms with van der Waals surface area (Å²) in [6, 6.07) is 5.43. The molecule has 0 amide bonds. The first-order valence-electron chi connectivity index (χ1n) is 9.03. The summed E-state index contributed by atoms with van der Waals surface area (Å²) in [4.78, 5) is 20.5. The molecule has 32 heavy (non-hydrogen) atoms. The third-order valence-corrected chi connectivity index (χ3v) is 6.67.